The number of hydrogen-bond acceptors (Lipinski definition) is 5. The van der Waals surface area contributed by atoms with Crippen molar-refractivity contribution < 1.29 is 8.42 Å². The van der Waals surface area contributed by atoms with Crippen molar-refractivity contribution in [2.45, 2.75) is 19.1 Å². The molecule has 1 aliphatic rings. The van der Waals surface area contributed by atoms with Gasteiger partial charge in [-0.05, 0) is 19.7 Å². The van der Waals surface area contributed by atoms with Crippen LogP contribution in [0.5, 0.6) is 0 Å². The monoisotopic (exact) mass is 335 g/mol. The number of benzene rings is 1. The first kappa shape index (κ1) is 16.1. The van der Waals surface area contributed by atoms with Gasteiger partial charge in [0.15, 0.2) is 0 Å². The Morgan fingerprint density at radius 3 is 2.61 bits per heavy atom. The summed E-state index contributed by atoms with van der Waals surface area (Å²) < 4.78 is 27.7. The zero-order chi connectivity index (χ0) is 16.4. The third-order valence-electron chi connectivity index (χ3n) is 4.05. The summed E-state index contributed by atoms with van der Waals surface area (Å²) in [6, 6.07) is 9.99. The van der Waals surface area contributed by atoms with E-state index in [1.54, 1.807) is 4.68 Å². The summed E-state index contributed by atoms with van der Waals surface area (Å²) >= 11 is 0. The Bertz CT molecular complexity index is 757. The minimum Gasteiger partial charge on any atom is -0.304 e. The fraction of sp³-hybridized carbons (Fsp3) is 0.467. The van der Waals surface area contributed by atoms with E-state index in [1.807, 2.05) is 55.5 Å². The molecule has 0 spiro atoms. The lowest BCUT2D eigenvalue weighted by atomic mass is 10.2. The van der Waals surface area contributed by atoms with Gasteiger partial charge in [-0.1, -0.05) is 35.5 Å². The Morgan fingerprint density at radius 2 is 1.96 bits per heavy atom. The summed E-state index contributed by atoms with van der Waals surface area (Å²) in [4.78, 5) is 1.95. The van der Waals surface area contributed by atoms with E-state index in [1.165, 1.54) is 4.31 Å². The molecule has 0 saturated carbocycles. The van der Waals surface area contributed by atoms with Gasteiger partial charge in [-0.2, -0.15) is 4.31 Å². The van der Waals surface area contributed by atoms with Gasteiger partial charge in [0.05, 0.1) is 30.7 Å². The van der Waals surface area contributed by atoms with Crippen LogP contribution < -0.4 is 0 Å². The Kier molecular flexibility index (Phi) is 4.47. The molecular formula is C15H21N5O2S. The van der Waals surface area contributed by atoms with E-state index >= 15 is 0 Å². The number of likely N-dealkylation sites (N-methyl/N-ethyl adjacent to an activating group) is 1. The van der Waals surface area contributed by atoms with Crippen LogP contribution in [0.1, 0.15) is 11.3 Å². The maximum absolute atomic E-state index is 12.2. The molecule has 0 aliphatic carbocycles. The molecule has 0 bridgehead atoms. The van der Waals surface area contributed by atoms with Crippen molar-refractivity contribution in [3.63, 3.8) is 0 Å². The van der Waals surface area contributed by atoms with Crippen molar-refractivity contribution in [2.24, 2.45) is 0 Å². The first-order valence-electron chi connectivity index (χ1n) is 7.51. The Morgan fingerprint density at radius 1 is 1.22 bits per heavy atom. The fourth-order valence-corrected chi connectivity index (χ4v) is 4.49. The van der Waals surface area contributed by atoms with Gasteiger partial charge in [0.25, 0.3) is 0 Å². The molecule has 124 valence electrons. The van der Waals surface area contributed by atoms with Gasteiger partial charge < -0.3 is 4.90 Å². The molecule has 2 heterocycles. The number of sulfonamides is 1. The van der Waals surface area contributed by atoms with Crippen molar-refractivity contribution in [3.8, 4) is 0 Å². The number of aromatic nitrogens is 3. The van der Waals surface area contributed by atoms with Crippen LogP contribution in [0.3, 0.4) is 0 Å². The second-order valence-electron chi connectivity index (χ2n) is 6.08. The average molecular weight is 335 g/mol. The van der Waals surface area contributed by atoms with Crippen LogP contribution in [0.15, 0.2) is 36.5 Å². The molecule has 8 heteroatoms. The van der Waals surface area contributed by atoms with Gasteiger partial charge in [-0.25, -0.2) is 13.1 Å². The molecule has 1 aromatic heterocycles. The lowest BCUT2D eigenvalue weighted by Gasteiger charge is -2.17. The third kappa shape index (κ3) is 3.77. The SMILES string of the molecule is CN(C)C1CN(Cc2cn(Cc3ccccc3)nn2)S(=O)(=O)C1. The maximum Gasteiger partial charge on any atom is 0.216 e. The molecule has 1 aliphatic heterocycles. The Labute approximate surface area is 136 Å². The molecule has 7 nitrogen and oxygen atoms in total. The molecule has 3 rings (SSSR count). The predicted molar refractivity (Wildman–Crippen MR) is 87.2 cm³/mol. The standard InChI is InChI=1S/C15H21N5O2S/c1-18(2)15-11-20(23(21,22)12-15)10-14-9-19(17-16-14)8-13-6-4-3-5-7-13/h3-7,9,15H,8,10-12H2,1-2H3. The largest absolute Gasteiger partial charge is 0.304 e. The van der Waals surface area contributed by atoms with Crippen molar-refractivity contribution in [1.29, 1.82) is 0 Å². The first-order valence-corrected chi connectivity index (χ1v) is 9.12. The minimum absolute atomic E-state index is 0.0272. The zero-order valence-corrected chi connectivity index (χ0v) is 14.1. The molecule has 23 heavy (non-hydrogen) atoms. The van der Waals surface area contributed by atoms with Crippen molar-refractivity contribution in [3.05, 3.63) is 47.8 Å². The molecular weight excluding hydrogens is 314 g/mol. The Balaban J connectivity index is 1.67. The van der Waals surface area contributed by atoms with E-state index in [0.29, 0.717) is 18.8 Å². The van der Waals surface area contributed by atoms with Crippen molar-refractivity contribution in [2.75, 3.05) is 26.4 Å². The summed E-state index contributed by atoms with van der Waals surface area (Å²) in [5.74, 6) is 0.165. The lowest BCUT2D eigenvalue weighted by molar-refractivity contribution is 0.284. The second-order valence-corrected chi connectivity index (χ2v) is 8.10. The van der Waals surface area contributed by atoms with Gasteiger partial charge in [-0.3, -0.25) is 0 Å². The van der Waals surface area contributed by atoms with Crippen LogP contribution in [0, 0.1) is 0 Å². The Hall–Kier alpha value is -1.77. The molecule has 1 unspecified atom stereocenters. The summed E-state index contributed by atoms with van der Waals surface area (Å²) in [7, 11) is 0.591. The van der Waals surface area contributed by atoms with Gasteiger partial charge in [0, 0.05) is 12.6 Å². The van der Waals surface area contributed by atoms with E-state index in [-0.39, 0.29) is 18.3 Å². The topological polar surface area (TPSA) is 71.3 Å². The van der Waals surface area contributed by atoms with Crippen LogP contribution in [0.2, 0.25) is 0 Å². The molecule has 0 amide bonds. The molecule has 1 saturated heterocycles. The quantitative estimate of drug-likeness (QED) is 0.791. The highest BCUT2D eigenvalue weighted by Gasteiger charge is 2.37. The first-order chi connectivity index (χ1) is 10.9. The number of hydrogen-bond donors (Lipinski definition) is 0. The lowest BCUT2D eigenvalue weighted by Crippen LogP contribution is -2.32. The summed E-state index contributed by atoms with van der Waals surface area (Å²) in [5, 5.41) is 8.19. The molecule has 0 N–H and O–H groups in total. The molecule has 2 aromatic rings. The van der Waals surface area contributed by atoms with E-state index in [2.05, 4.69) is 10.3 Å². The molecule has 1 fully saturated rings. The highest BCUT2D eigenvalue weighted by molar-refractivity contribution is 7.89. The third-order valence-corrected chi connectivity index (χ3v) is 5.92. The minimum atomic E-state index is -3.21. The summed E-state index contributed by atoms with van der Waals surface area (Å²) in [6.07, 6.45) is 1.81. The summed E-state index contributed by atoms with van der Waals surface area (Å²) in [6.45, 7) is 1.41. The van der Waals surface area contributed by atoms with Crippen LogP contribution in [-0.2, 0) is 23.1 Å². The average Bonchev–Trinajstić information content (AvgIpc) is 3.05. The van der Waals surface area contributed by atoms with Crippen molar-refractivity contribution in [1.82, 2.24) is 24.2 Å². The normalized spacial score (nSPS) is 21.1. The van der Waals surface area contributed by atoms with Crippen molar-refractivity contribution >= 4 is 10.0 Å². The van der Waals surface area contributed by atoms with E-state index in [9.17, 15) is 8.42 Å². The number of rotatable bonds is 5. The molecule has 0 radical (unpaired) electrons. The van der Waals surface area contributed by atoms with E-state index in [0.717, 1.165) is 5.56 Å². The highest BCUT2D eigenvalue weighted by atomic mass is 32.2. The van der Waals surface area contributed by atoms with Gasteiger partial charge in [0.1, 0.15) is 0 Å². The summed E-state index contributed by atoms with van der Waals surface area (Å²) in [5.41, 5.74) is 1.80. The smallest absolute Gasteiger partial charge is 0.216 e. The molecule has 1 aromatic carbocycles. The van der Waals surface area contributed by atoms with E-state index in [4.69, 9.17) is 0 Å². The van der Waals surface area contributed by atoms with Gasteiger partial charge >= 0.3 is 0 Å². The number of nitrogens with zero attached hydrogens (tertiary/aromatic N) is 5. The zero-order valence-electron chi connectivity index (χ0n) is 13.3. The van der Waals surface area contributed by atoms with Gasteiger partial charge in [0.2, 0.25) is 10.0 Å². The van der Waals surface area contributed by atoms with Crippen LogP contribution in [0.25, 0.3) is 0 Å². The van der Waals surface area contributed by atoms with Gasteiger partial charge in [-0.15, -0.1) is 5.10 Å². The highest BCUT2D eigenvalue weighted by Crippen LogP contribution is 2.19. The second kappa shape index (κ2) is 6.38. The van der Waals surface area contributed by atoms with Crippen LogP contribution in [-0.4, -0.2) is 65.1 Å². The van der Waals surface area contributed by atoms with E-state index < -0.39 is 10.0 Å². The van der Waals surface area contributed by atoms with Crippen LogP contribution >= 0.6 is 0 Å². The molecule has 1 atom stereocenters. The maximum atomic E-state index is 12.2. The predicted octanol–water partition coefficient (Wildman–Crippen LogP) is 0.402. The fourth-order valence-electron chi connectivity index (χ4n) is 2.66. The van der Waals surface area contributed by atoms with Crippen LogP contribution in [0.4, 0.5) is 0 Å².